The number of hydrogen-bond donors (Lipinski definition) is 2. The summed E-state index contributed by atoms with van der Waals surface area (Å²) in [4.78, 5) is 22.8. The molecule has 0 aliphatic carbocycles. The van der Waals surface area contributed by atoms with Crippen molar-refractivity contribution in [1.82, 2.24) is 15.5 Å². The molecule has 0 aliphatic rings. The van der Waals surface area contributed by atoms with Gasteiger partial charge in [0.1, 0.15) is 6.04 Å². The zero-order valence-corrected chi connectivity index (χ0v) is 10.2. The summed E-state index contributed by atoms with van der Waals surface area (Å²) in [5.74, 6) is -1.20. The van der Waals surface area contributed by atoms with Crippen molar-refractivity contribution in [3.8, 4) is 0 Å². The zero-order chi connectivity index (χ0) is 13.0. The number of amides is 2. The van der Waals surface area contributed by atoms with Gasteiger partial charge in [-0.25, -0.2) is 0 Å². The first kappa shape index (κ1) is 13.4. The summed E-state index contributed by atoms with van der Waals surface area (Å²) >= 11 is 5.54. The minimum Gasteiger partial charge on any atom is -0.368 e. The van der Waals surface area contributed by atoms with Crippen molar-refractivity contribution >= 4 is 23.4 Å². The van der Waals surface area contributed by atoms with Gasteiger partial charge in [0.15, 0.2) is 10.8 Å². The van der Waals surface area contributed by atoms with E-state index in [1.165, 1.54) is 12.1 Å². The lowest BCUT2D eigenvalue weighted by molar-refractivity contribution is -0.120. The highest BCUT2D eigenvalue weighted by atomic mass is 35.5. The van der Waals surface area contributed by atoms with Crippen LogP contribution in [0.15, 0.2) is 12.1 Å². The Bertz CT molecular complexity index is 419. The Labute approximate surface area is 104 Å². The number of primary amides is 1. The van der Waals surface area contributed by atoms with E-state index in [4.69, 9.17) is 17.3 Å². The van der Waals surface area contributed by atoms with Crippen LogP contribution >= 0.6 is 11.6 Å². The number of hydrogen-bond acceptors (Lipinski definition) is 4. The highest BCUT2D eigenvalue weighted by Gasteiger charge is 2.22. The number of aromatic nitrogens is 2. The summed E-state index contributed by atoms with van der Waals surface area (Å²) in [5.41, 5.74) is 5.26. The molecule has 0 aliphatic heterocycles. The van der Waals surface area contributed by atoms with Crippen LogP contribution < -0.4 is 11.1 Å². The summed E-state index contributed by atoms with van der Waals surface area (Å²) in [6.07, 6.45) is 0. The Morgan fingerprint density at radius 3 is 2.41 bits per heavy atom. The van der Waals surface area contributed by atoms with Gasteiger partial charge in [-0.3, -0.25) is 9.59 Å². The first-order valence-electron chi connectivity index (χ1n) is 5.01. The molecule has 0 radical (unpaired) electrons. The second-order valence-electron chi connectivity index (χ2n) is 3.84. The van der Waals surface area contributed by atoms with Gasteiger partial charge in [0.25, 0.3) is 5.91 Å². The molecule has 6 nitrogen and oxygen atoms in total. The number of rotatable bonds is 4. The molecule has 0 saturated carbocycles. The summed E-state index contributed by atoms with van der Waals surface area (Å²) in [6.45, 7) is 3.56. The summed E-state index contributed by atoms with van der Waals surface area (Å²) in [7, 11) is 0. The molecule has 1 aromatic heterocycles. The molecule has 7 heteroatoms. The first-order chi connectivity index (χ1) is 7.91. The van der Waals surface area contributed by atoms with Gasteiger partial charge in [0, 0.05) is 0 Å². The van der Waals surface area contributed by atoms with Gasteiger partial charge in [0.05, 0.1) is 0 Å². The highest BCUT2D eigenvalue weighted by Crippen LogP contribution is 2.05. The fourth-order valence-electron chi connectivity index (χ4n) is 1.22. The van der Waals surface area contributed by atoms with Crippen LogP contribution in [0.4, 0.5) is 0 Å². The monoisotopic (exact) mass is 256 g/mol. The Hall–Kier alpha value is -1.69. The Balaban J connectivity index is 2.77. The fraction of sp³-hybridized carbons (Fsp3) is 0.400. The standard InChI is InChI=1S/C10H13ClN4O2/c1-5(2)8(9(12)16)13-10(17)6-3-4-7(11)15-14-6/h3-5,8H,1-2H3,(H2,12,16)(H,13,17). The van der Waals surface area contributed by atoms with Crippen molar-refractivity contribution in [2.24, 2.45) is 11.7 Å². The van der Waals surface area contributed by atoms with E-state index >= 15 is 0 Å². The van der Waals surface area contributed by atoms with E-state index in [0.29, 0.717) is 0 Å². The van der Waals surface area contributed by atoms with Gasteiger partial charge in [-0.2, -0.15) is 0 Å². The smallest absolute Gasteiger partial charge is 0.272 e. The van der Waals surface area contributed by atoms with Crippen molar-refractivity contribution in [2.45, 2.75) is 19.9 Å². The van der Waals surface area contributed by atoms with E-state index in [1.54, 1.807) is 13.8 Å². The van der Waals surface area contributed by atoms with Crippen molar-refractivity contribution in [1.29, 1.82) is 0 Å². The highest BCUT2D eigenvalue weighted by molar-refractivity contribution is 6.29. The molecule has 1 aromatic rings. The van der Waals surface area contributed by atoms with Crippen molar-refractivity contribution < 1.29 is 9.59 Å². The van der Waals surface area contributed by atoms with Crippen molar-refractivity contribution in [3.63, 3.8) is 0 Å². The molecule has 0 fully saturated rings. The van der Waals surface area contributed by atoms with Crippen LogP contribution in [0, 0.1) is 5.92 Å². The molecule has 92 valence electrons. The summed E-state index contributed by atoms with van der Waals surface area (Å²) in [6, 6.07) is 2.13. The second kappa shape index (κ2) is 5.58. The molecule has 0 saturated heterocycles. The fourth-order valence-corrected chi connectivity index (χ4v) is 1.32. The third kappa shape index (κ3) is 3.67. The number of nitrogens with one attached hydrogen (secondary N) is 1. The molecule has 1 heterocycles. The average molecular weight is 257 g/mol. The lowest BCUT2D eigenvalue weighted by Crippen LogP contribution is -2.47. The SMILES string of the molecule is CC(C)C(NC(=O)c1ccc(Cl)nn1)C(N)=O. The first-order valence-corrected chi connectivity index (χ1v) is 5.39. The minimum absolute atomic E-state index is 0.0845. The van der Waals surface area contributed by atoms with Gasteiger partial charge in [-0.05, 0) is 18.1 Å². The largest absolute Gasteiger partial charge is 0.368 e. The Morgan fingerprint density at radius 1 is 1.35 bits per heavy atom. The van der Waals surface area contributed by atoms with E-state index < -0.39 is 17.9 Å². The number of nitrogens with zero attached hydrogens (tertiary/aromatic N) is 2. The molecular weight excluding hydrogens is 244 g/mol. The predicted octanol–water partition coefficient (Wildman–Crippen LogP) is 0.370. The Morgan fingerprint density at radius 2 is 2.00 bits per heavy atom. The van der Waals surface area contributed by atoms with E-state index in [1.807, 2.05) is 0 Å². The molecular formula is C10H13ClN4O2. The normalized spacial score (nSPS) is 12.2. The van der Waals surface area contributed by atoms with Crippen molar-refractivity contribution in [3.05, 3.63) is 23.0 Å². The summed E-state index contributed by atoms with van der Waals surface area (Å²) in [5, 5.41) is 9.82. The van der Waals surface area contributed by atoms with Crippen LogP contribution in [-0.2, 0) is 4.79 Å². The minimum atomic E-state index is -0.736. The number of carbonyl (C=O) groups excluding carboxylic acids is 2. The maximum absolute atomic E-state index is 11.7. The number of halogens is 1. The lowest BCUT2D eigenvalue weighted by Gasteiger charge is -2.18. The predicted molar refractivity (Wildman–Crippen MR) is 62.3 cm³/mol. The van der Waals surface area contributed by atoms with Gasteiger partial charge >= 0.3 is 0 Å². The van der Waals surface area contributed by atoms with Gasteiger partial charge < -0.3 is 11.1 Å². The topological polar surface area (TPSA) is 98.0 Å². The maximum Gasteiger partial charge on any atom is 0.272 e. The average Bonchev–Trinajstić information content (AvgIpc) is 2.25. The summed E-state index contributed by atoms with van der Waals surface area (Å²) < 4.78 is 0. The number of nitrogens with two attached hydrogens (primary N) is 1. The van der Waals surface area contributed by atoms with Gasteiger partial charge in [0.2, 0.25) is 5.91 Å². The molecule has 0 spiro atoms. The quantitative estimate of drug-likeness (QED) is 0.813. The zero-order valence-electron chi connectivity index (χ0n) is 9.48. The van der Waals surface area contributed by atoms with Crippen molar-refractivity contribution in [2.75, 3.05) is 0 Å². The third-order valence-corrected chi connectivity index (χ3v) is 2.33. The van der Waals surface area contributed by atoms with Crippen LogP contribution in [0.1, 0.15) is 24.3 Å². The molecule has 1 unspecified atom stereocenters. The second-order valence-corrected chi connectivity index (χ2v) is 4.23. The molecule has 2 amide bonds. The number of carbonyl (C=O) groups is 2. The third-order valence-electron chi connectivity index (χ3n) is 2.12. The Kier molecular flexibility index (Phi) is 4.39. The molecule has 0 bridgehead atoms. The van der Waals surface area contributed by atoms with E-state index in [0.717, 1.165) is 0 Å². The molecule has 3 N–H and O–H groups in total. The van der Waals surface area contributed by atoms with Crippen LogP contribution in [0.25, 0.3) is 0 Å². The van der Waals surface area contributed by atoms with E-state index in [2.05, 4.69) is 15.5 Å². The molecule has 0 aromatic carbocycles. The van der Waals surface area contributed by atoms with E-state index in [-0.39, 0.29) is 16.8 Å². The van der Waals surface area contributed by atoms with Gasteiger partial charge in [-0.15, -0.1) is 10.2 Å². The van der Waals surface area contributed by atoms with Gasteiger partial charge in [-0.1, -0.05) is 25.4 Å². The maximum atomic E-state index is 11.7. The van der Waals surface area contributed by atoms with Crippen LogP contribution in [0.5, 0.6) is 0 Å². The molecule has 17 heavy (non-hydrogen) atoms. The van der Waals surface area contributed by atoms with Crippen LogP contribution in [-0.4, -0.2) is 28.1 Å². The van der Waals surface area contributed by atoms with Crippen LogP contribution in [0.3, 0.4) is 0 Å². The lowest BCUT2D eigenvalue weighted by atomic mass is 10.0. The molecule has 1 atom stereocenters. The molecule has 1 rings (SSSR count). The van der Waals surface area contributed by atoms with E-state index in [9.17, 15) is 9.59 Å². The van der Waals surface area contributed by atoms with Crippen LogP contribution in [0.2, 0.25) is 5.15 Å².